The summed E-state index contributed by atoms with van der Waals surface area (Å²) in [6.45, 7) is 18.5. The van der Waals surface area contributed by atoms with Crippen LogP contribution in [-0.4, -0.2) is 87.9 Å². The SMILES string of the molecule is CC(=O)Oc1ccc(-c2cccc(C(=O)OC(C)C)n2)cc1.CCOc1ccc(-c2cc(C)cc(C(=O)OC(C)C)n2)cc1.CCOc1ccc(-c2cccc(C(=O)OC3CC3)n2)cc1.CCOc1ccc(-c2cccc(C(=O)OCc3ccccc3)n2)cc1. The van der Waals surface area contributed by atoms with Crippen LogP contribution in [0.25, 0.3) is 45.0 Å². The van der Waals surface area contributed by atoms with Gasteiger partial charge in [-0.25, -0.2) is 39.1 Å². The van der Waals surface area contributed by atoms with Gasteiger partial charge in [0.15, 0.2) is 0 Å². The Morgan fingerprint density at radius 1 is 0.422 bits per heavy atom. The van der Waals surface area contributed by atoms with Crippen molar-refractivity contribution in [3.05, 3.63) is 228 Å². The first-order valence-electron chi connectivity index (χ1n) is 29.7. The molecule has 0 amide bonds. The smallest absolute Gasteiger partial charge is 0.357 e. The van der Waals surface area contributed by atoms with Crippen molar-refractivity contribution in [2.45, 2.75) is 100 Å². The van der Waals surface area contributed by atoms with Crippen LogP contribution in [0.3, 0.4) is 0 Å². The molecule has 1 fully saturated rings. The number of esters is 5. The molecule has 5 aromatic carbocycles. The molecule has 4 heterocycles. The summed E-state index contributed by atoms with van der Waals surface area (Å²) in [7, 11) is 0. The standard InChI is InChI=1S/C21H19NO3.C18H21NO3.C17H17NO4.C17H17NO3/c1-2-24-18-13-11-17(12-14-18)19-9-6-10-20(22-19)21(23)25-15-16-7-4-3-5-8-16;1-5-21-15-8-6-14(7-9-15)16-10-13(4)11-17(19-16)18(20)22-12(2)3;1-11(2)21-17(20)16-6-4-5-15(18-16)13-7-9-14(10-8-13)22-12(3)19;1-2-20-13-8-6-12(7-9-13)15-4-3-5-16(18-15)17(19)21-14-10-11-14/h3-14H,2,15H2,1H3;6-12H,5H2,1-4H3;4-11H,1-3H3;3-9,14H,2,10-11H2,1H3. The average molecular weight is 1220 g/mol. The third-order valence-electron chi connectivity index (χ3n) is 12.5. The van der Waals surface area contributed by atoms with Crippen LogP contribution in [0, 0.1) is 6.92 Å². The Balaban J connectivity index is 0.000000171. The van der Waals surface area contributed by atoms with Gasteiger partial charge in [0, 0.05) is 29.2 Å². The van der Waals surface area contributed by atoms with E-state index in [2.05, 4.69) is 19.9 Å². The van der Waals surface area contributed by atoms with E-state index in [-0.39, 0.29) is 42.6 Å². The summed E-state index contributed by atoms with van der Waals surface area (Å²) in [6, 6.07) is 59.0. The first-order chi connectivity index (χ1) is 43.5. The first kappa shape index (κ1) is 67.0. The summed E-state index contributed by atoms with van der Waals surface area (Å²) in [4.78, 5) is 76.5. The molecule has 0 atom stereocenters. The number of benzene rings is 5. The lowest BCUT2D eigenvalue weighted by atomic mass is 10.1. The molecule has 0 N–H and O–H groups in total. The van der Waals surface area contributed by atoms with Crippen LogP contribution in [0.4, 0.5) is 0 Å². The fourth-order valence-electron chi connectivity index (χ4n) is 8.32. The predicted molar refractivity (Wildman–Crippen MR) is 343 cm³/mol. The molecule has 10 rings (SSSR count). The number of pyridine rings is 4. The molecule has 4 aromatic heterocycles. The molecule has 1 aliphatic rings. The van der Waals surface area contributed by atoms with Gasteiger partial charge in [0.05, 0.1) is 54.8 Å². The monoisotopic (exact) mass is 1210 g/mol. The summed E-state index contributed by atoms with van der Waals surface area (Å²) in [6.07, 6.45) is 1.66. The third kappa shape index (κ3) is 21.7. The highest BCUT2D eigenvalue weighted by Gasteiger charge is 2.27. The quantitative estimate of drug-likeness (QED) is 0.0394. The van der Waals surface area contributed by atoms with E-state index in [1.807, 2.05) is 169 Å². The number of aromatic nitrogens is 4. The van der Waals surface area contributed by atoms with Crippen molar-refractivity contribution in [2.24, 2.45) is 0 Å². The van der Waals surface area contributed by atoms with Gasteiger partial charge in [-0.1, -0.05) is 48.5 Å². The molecule has 1 aliphatic carbocycles. The second kappa shape index (κ2) is 34.1. The second-order valence-corrected chi connectivity index (χ2v) is 20.7. The lowest BCUT2D eigenvalue weighted by molar-refractivity contribution is -0.131. The van der Waals surface area contributed by atoms with Crippen LogP contribution in [0.15, 0.2) is 194 Å². The number of carbonyl (C=O) groups excluding carboxylic acids is 5. The first-order valence-corrected chi connectivity index (χ1v) is 29.7. The number of ether oxygens (including phenoxy) is 8. The summed E-state index contributed by atoms with van der Waals surface area (Å²) in [5.74, 6) is 0.922. The summed E-state index contributed by atoms with van der Waals surface area (Å²) >= 11 is 0. The van der Waals surface area contributed by atoms with Gasteiger partial charge in [-0.05, 0) is 225 Å². The van der Waals surface area contributed by atoms with Crippen LogP contribution >= 0.6 is 0 Å². The van der Waals surface area contributed by atoms with E-state index in [0.717, 1.165) is 80.6 Å². The lowest BCUT2D eigenvalue weighted by Crippen LogP contribution is -2.13. The van der Waals surface area contributed by atoms with Crippen LogP contribution < -0.4 is 18.9 Å². The molecule has 0 saturated heterocycles. The van der Waals surface area contributed by atoms with Crippen molar-refractivity contribution in [2.75, 3.05) is 19.8 Å². The van der Waals surface area contributed by atoms with Gasteiger partial charge in [-0.15, -0.1) is 0 Å². The zero-order valence-electron chi connectivity index (χ0n) is 52.0. The van der Waals surface area contributed by atoms with E-state index in [0.29, 0.717) is 48.3 Å². The molecule has 90 heavy (non-hydrogen) atoms. The maximum atomic E-state index is 12.2. The number of carbonyl (C=O) groups is 5. The molecule has 0 radical (unpaired) electrons. The maximum Gasteiger partial charge on any atom is 0.357 e. The van der Waals surface area contributed by atoms with Gasteiger partial charge < -0.3 is 37.9 Å². The fourth-order valence-corrected chi connectivity index (χ4v) is 8.32. The maximum absolute atomic E-state index is 12.2. The number of aryl methyl sites for hydroxylation is 1. The van der Waals surface area contributed by atoms with Crippen LogP contribution in [-0.2, 0) is 30.3 Å². The largest absolute Gasteiger partial charge is 0.494 e. The van der Waals surface area contributed by atoms with E-state index >= 15 is 0 Å². The van der Waals surface area contributed by atoms with Gasteiger partial charge in [0.25, 0.3) is 0 Å². The summed E-state index contributed by atoms with van der Waals surface area (Å²) < 4.78 is 42.2. The highest BCUT2D eigenvalue weighted by atomic mass is 16.6. The lowest BCUT2D eigenvalue weighted by Gasteiger charge is -2.10. The highest BCUT2D eigenvalue weighted by Crippen LogP contribution is 2.28. The molecule has 17 heteroatoms. The van der Waals surface area contributed by atoms with Crippen molar-refractivity contribution in [3.63, 3.8) is 0 Å². The fraction of sp³-hybridized carbons (Fsp3) is 0.247. The van der Waals surface area contributed by atoms with E-state index < -0.39 is 17.9 Å². The molecule has 0 unspecified atom stereocenters. The van der Waals surface area contributed by atoms with E-state index in [4.69, 9.17) is 37.9 Å². The highest BCUT2D eigenvalue weighted by molar-refractivity contribution is 5.90. The van der Waals surface area contributed by atoms with Crippen LogP contribution in [0.1, 0.15) is 121 Å². The minimum atomic E-state index is -0.451. The summed E-state index contributed by atoms with van der Waals surface area (Å²) in [5, 5.41) is 0. The summed E-state index contributed by atoms with van der Waals surface area (Å²) in [5.41, 5.74) is 9.63. The van der Waals surface area contributed by atoms with Crippen molar-refractivity contribution in [1.82, 2.24) is 19.9 Å². The Morgan fingerprint density at radius 2 is 0.800 bits per heavy atom. The number of rotatable bonds is 20. The normalized spacial score (nSPS) is 11.2. The van der Waals surface area contributed by atoms with E-state index in [9.17, 15) is 24.0 Å². The molecular weight excluding hydrogens is 1140 g/mol. The van der Waals surface area contributed by atoms with E-state index in [1.54, 1.807) is 80.6 Å². The number of hydrogen-bond donors (Lipinski definition) is 0. The molecule has 0 bridgehead atoms. The van der Waals surface area contributed by atoms with Gasteiger partial charge in [0.2, 0.25) is 0 Å². The molecule has 0 aliphatic heterocycles. The Labute approximate surface area is 525 Å². The number of nitrogens with zero attached hydrogens (tertiary/aromatic N) is 4. The topological polar surface area (TPSA) is 211 Å². The van der Waals surface area contributed by atoms with Gasteiger partial charge in [-0.2, -0.15) is 0 Å². The van der Waals surface area contributed by atoms with Gasteiger partial charge in [-0.3, -0.25) is 4.79 Å². The van der Waals surface area contributed by atoms with Crippen molar-refractivity contribution in [3.8, 4) is 68.0 Å². The zero-order valence-corrected chi connectivity index (χ0v) is 52.0. The van der Waals surface area contributed by atoms with Crippen LogP contribution in [0.2, 0.25) is 0 Å². The molecule has 0 spiro atoms. The Kier molecular flexibility index (Phi) is 25.4. The Morgan fingerprint density at radius 3 is 1.20 bits per heavy atom. The van der Waals surface area contributed by atoms with Crippen molar-refractivity contribution in [1.29, 1.82) is 0 Å². The van der Waals surface area contributed by atoms with E-state index in [1.165, 1.54) is 6.92 Å². The van der Waals surface area contributed by atoms with Crippen LogP contribution in [0.5, 0.6) is 23.0 Å². The zero-order chi connectivity index (χ0) is 64.4. The van der Waals surface area contributed by atoms with Crippen molar-refractivity contribution < 1.29 is 61.9 Å². The number of hydrogen-bond acceptors (Lipinski definition) is 17. The third-order valence-corrected chi connectivity index (χ3v) is 12.5. The Bertz CT molecular complexity index is 3780. The molecular formula is C73H74N4O13. The van der Waals surface area contributed by atoms with Gasteiger partial charge >= 0.3 is 29.8 Å². The second-order valence-electron chi connectivity index (χ2n) is 20.7. The Hall–Kier alpha value is -10.6. The molecule has 464 valence electrons. The molecule has 17 nitrogen and oxygen atoms in total. The molecule has 1 saturated carbocycles. The average Bonchev–Trinajstić information content (AvgIpc) is 2.05. The van der Waals surface area contributed by atoms with Gasteiger partial charge in [0.1, 0.15) is 58.5 Å². The predicted octanol–water partition coefficient (Wildman–Crippen LogP) is 15.2. The molecule has 9 aromatic rings. The van der Waals surface area contributed by atoms with Crippen molar-refractivity contribution >= 4 is 29.8 Å². The minimum Gasteiger partial charge on any atom is -0.494 e. The minimum absolute atomic E-state index is 0.0911.